The van der Waals surface area contributed by atoms with E-state index in [-0.39, 0.29) is 0 Å². The zero-order chi connectivity index (χ0) is 23.5. The topological polar surface area (TPSA) is 35.2 Å². The third-order valence-corrected chi connectivity index (χ3v) is 6.83. The van der Waals surface area contributed by atoms with Crippen molar-refractivity contribution in [2.75, 3.05) is 12.3 Å². The van der Waals surface area contributed by atoms with Crippen LogP contribution in [0.5, 0.6) is 5.75 Å². The molecule has 0 fully saturated rings. The molecule has 178 valence electrons. The Balaban J connectivity index is 1.28. The van der Waals surface area contributed by atoms with E-state index in [9.17, 15) is 13.2 Å². The standard InChI is InChI=1S/C27H32F3NOS/c28-27(29,30)26-25(21-12-8-7-9-13-21)20-24(33-26)14-10-5-3-1-2-4-6-11-19-32-23-17-15-22(31)16-18-23/h7-9,12-13,15-18,20H,1-6,10-11,14,19,31H2. The molecule has 1 aromatic heterocycles. The molecule has 3 rings (SSSR count). The van der Waals surface area contributed by atoms with Gasteiger partial charge < -0.3 is 10.5 Å². The molecule has 0 radical (unpaired) electrons. The molecule has 3 aromatic rings. The third-order valence-electron chi connectivity index (χ3n) is 5.59. The monoisotopic (exact) mass is 475 g/mol. The fourth-order valence-corrected chi connectivity index (χ4v) is 4.91. The second kappa shape index (κ2) is 12.7. The second-order valence-electron chi connectivity index (χ2n) is 8.32. The minimum atomic E-state index is -4.31. The first-order chi connectivity index (χ1) is 15.9. The number of ether oxygens (including phenoxy) is 1. The first-order valence-electron chi connectivity index (χ1n) is 11.7. The van der Waals surface area contributed by atoms with E-state index < -0.39 is 11.1 Å². The Morgan fingerprint density at radius 3 is 2.00 bits per heavy atom. The minimum Gasteiger partial charge on any atom is -0.494 e. The van der Waals surface area contributed by atoms with Crippen LogP contribution >= 0.6 is 11.3 Å². The summed E-state index contributed by atoms with van der Waals surface area (Å²) in [5, 5.41) is 0. The van der Waals surface area contributed by atoms with Gasteiger partial charge in [-0.05, 0) is 55.2 Å². The lowest BCUT2D eigenvalue weighted by atomic mass is 10.0. The summed E-state index contributed by atoms with van der Waals surface area (Å²) in [6.45, 7) is 0.718. The number of aryl methyl sites for hydroxylation is 1. The van der Waals surface area contributed by atoms with Gasteiger partial charge in [0, 0.05) is 16.1 Å². The summed E-state index contributed by atoms with van der Waals surface area (Å²) in [5.74, 6) is 0.855. The average Bonchev–Trinajstić information content (AvgIpc) is 3.24. The van der Waals surface area contributed by atoms with Crippen LogP contribution < -0.4 is 10.5 Å². The van der Waals surface area contributed by atoms with E-state index in [1.165, 1.54) is 19.3 Å². The molecule has 0 saturated carbocycles. The highest BCUT2D eigenvalue weighted by Crippen LogP contribution is 2.43. The maximum atomic E-state index is 13.5. The van der Waals surface area contributed by atoms with E-state index in [1.54, 1.807) is 30.3 Å². The zero-order valence-corrected chi connectivity index (χ0v) is 19.7. The number of rotatable bonds is 13. The zero-order valence-electron chi connectivity index (χ0n) is 18.9. The van der Waals surface area contributed by atoms with Crippen molar-refractivity contribution < 1.29 is 17.9 Å². The van der Waals surface area contributed by atoms with Gasteiger partial charge in [-0.3, -0.25) is 0 Å². The number of alkyl halides is 3. The molecule has 0 bridgehead atoms. The first kappa shape index (κ1) is 25.2. The smallest absolute Gasteiger partial charge is 0.426 e. The van der Waals surface area contributed by atoms with E-state index in [0.29, 0.717) is 17.5 Å². The maximum Gasteiger partial charge on any atom is 0.426 e. The number of benzene rings is 2. The quantitative estimate of drug-likeness (QED) is 0.198. The molecule has 0 aliphatic heterocycles. The van der Waals surface area contributed by atoms with Crippen LogP contribution in [0.4, 0.5) is 18.9 Å². The van der Waals surface area contributed by atoms with Crippen LogP contribution in [-0.4, -0.2) is 6.61 Å². The fourth-order valence-electron chi connectivity index (χ4n) is 3.82. The van der Waals surface area contributed by atoms with Crippen LogP contribution in [0, 0.1) is 0 Å². The molecular weight excluding hydrogens is 443 g/mol. The highest BCUT2D eigenvalue weighted by molar-refractivity contribution is 7.12. The van der Waals surface area contributed by atoms with Crippen LogP contribution in [-0.2, 0) is 12.6 Å². The summed E-state index contributed by atoms with van der Waals surface area (Å²) >= 11 is 0.897. The molecule has 2 nitrogen and oxygen atoms in total. The van der Waals surface area contributed by atoms with Crippen molar-refractivity contribution in [3.05, 3.63) is 70.4 Å². The van der Waals surface area contributed by atoms with E-state index in [1.807, 2.05) is 30.3 Å². The summed E-state index contributed by atoms with van der Waals surface area (Å²) < 4.78 is 46.2. The highest BCUT2D eigenvalue weighted by Gasteiger charge is 2.36. The molecular formula is C27H32F3NOS. The third kappa shape index (κ3) is 8.43. The lowest BCUT2D eigenvalue weighted by molar-refractivity contribution is -0.133. The van der Waals surface area contributed by atoms with Gasteiger partial charge in [0.05, 0.1) is 6.61 Å². The van der Waals surface area contributed by atoms with Crippen molar-refractivity contribution in [3.8, 4) is 16.9 Å². The van der Waals surface area contributed by atoms with Crippen LogP contribution in [0.3, 0.4) is 0 Å². The molecule has 0 aliphatic carbocycles. The molecule has 6 heteroatoms. The fraction of sp³-hybridized carbons (Fsp3) is 0.407. The van der Waals surface area contributed by atoms with Gasteiger partial charge in [-0.1, -0.05) is 68.9 Å². The molecule has 2 N–H and O–H groups in total. The van der Waals surface area contributed by atoms with Gasteiger partial charge in [0.25, 0.3) is 0 Å². The summed E-state index contributed by atoms with van der Waals surface area (Å²) in [6.07, 6.45) is 5.25. The SMILES string of the molecule is Nc1ccc(OCCCCCCCCCCc2cc(-c3ccccc3)c(C(F)(F)F)s2)cc1. The molecule has 0 atom stereocenters. The first-order valence-corrected chi connectivity index (χ1v) is 12.5. The number of nitrogen functional groups attached to an aromatic ring is 1. The normalized spacial score (nSPS) is 11.6. The Morgan fingerprint density at radius 1 is 0.758 bits per heavy atom. The maximum absolute atomic E-state index is 13.5. The molecule has 33 heavy (non-hydrogen) atoms. The van der Waals surface area contributed by atoms with E-state index in [2.05, 4.69) is 0 Å². The summed E-state index contributed by atoms with van der Waals surface area (Å²) in [6, 6.07) is 18.0. The molecule has 2 aromatic carbocycles. The van der Waals surface area contributed by atoms with Crippen molar-refractivity contribution in [1.29, 1.82) is 0 Å². The second-order valence-corrected chi connectivity index (χ2v) is 9.45. The number of anilines is 1. The molecule has 0 spiro atoms. The van der Waals surface area contributed by atoms with E-state index in [4.69, 9.17) is 10.5 Å². The highest BCUT2D eigenvalue weighted by atomic mass is 32.1. The van der Waals surface area contributed by atoms with Crippen LogP contribution in [0.15, 0.2) is 60.7 Å². The van der Waals surface area contributed by atoms with Crippen LogP contribution in [0.2, 0.25) is 0 Å². The number of halogens is 3. The molecule has 1 heterocycles. The summed E-state index contributed by atoms with van der Waals surface area (Å²) in [4.78, 5) is 0.339. The van der Waals surface area contributed by atoms with Gasteiger partial charge in [-0.25, -0.2) is 0 Å². The van der Waals surface area contributed by atoms with Gasteiger partial charge in [0.2, 0.25) is 0 Å². The van der Waals surface area contributed by atoms with E-state index >= 15 is 0 Å². The Bertz CT molecular complexity index is 952. The van der Waals surface area contributed by atoms with Crippen LogP contribution in [0.1, 0.15) is 61.1 Å². The molecule has 0 aliphatic rings. The van der Waals surface area contributed by atoms with Gasteiger partial charge >= 0.3 is 6.18 Å². The van der Waals surface area contributed by atoms with Crippen molar-refractivity contribution in [3.63, 3.8) is 0 Å². The van der Waals surface area contributed by atoms with Gasteiger partial charge in [-0.2, -0.15) is 13.2 Å². The predicted molar refractivity (Wildman–Crippen MR) is 132 cm³/mol. The largest absolute Gasteiger partial charge is 0.494 e. The Morgan fingerprint density at radius 2 is 1.36 bits per heavy atom. The number of hydrogen-bond acceptors (Lipinski definition) is 3. The molecule has 0 unspecified atom stereocenters. The lowest BCUT2D eigenvalue weighted by Crippen LogP contribution is -2.03. The van der Waals surface area contributed by atoms with Crippen molar-refractivity contribution >= 4 is 17.0 Å². The van der Waals surface area contributed by atoms with Crippen LogP contribution in [0.25, 0.3) is 11.1 Å². The predicted octanol–water partition coefficient (Wildman–Crippen LogP) is 8.76. The van der Waals surface area contributed by atoms with Crippen molar-refractivity contribution in [1.82, 2.24) is 0 Å². The number of thiophene rings is 1. The minimum absolute atomic E-state index is 0.309. The van der Waals surface area contributed by atoms with Crippen molar-refractivity contribution in [2.45, 2.75) is 64.0 Å². The van der Waals surface area contributed by atoms with Gasteiger partial charge in [0.1, 0.15) is 10.6 Å². The Hall–Kier alpha value is -2.47. The molecule has 0 amide bonds. The van der Waals surface area contributed by atoms with Gasteiger partial charge in [-0.15, -0.1) is 11.3 Å². The van der Waals surface area contributed by atoms with Gasteiger partial charge in [0.15, 0.2) is 0 Å². The Labute approximate surface area is 198 Å². The van der Waals surface area contributed by atoms with Crippen molar-refractivity contribution in [2.24, 2.45) is 0 Å². The Kier molecular flexibility index (Phi) is 9.67. The summed E-state index contributed by atoms with van der Waals surface area (Å²) in [5.41, 5.74) is 7.33. The van der Waals surface area contributed by atoms with E-state index in [0.717, 1.165) is 66.4 Å². The average molecular weight is 476 g/mol. The molecule has 0 saturated heterocycles. The number of nitrogens with two attached hydrogens (primary N) is 1. The number of unbranched alkanes of at least 4 members (excludes halogenated alkanes) is 7. The lowest BCUT2D eigenvalue weighted by Gasteiger charge is -2.07. The summed E-state index contributed by atoms with van der Waals surface area (Å²) in [7, 11) is 0. The number of hydrogen-bond donors (Lipinski definition) is 1.